The van der Waals surface area contributed by atoms with Crippen molar-refractivity contribution < 1.29 is 4.74 Å². The quantitative estimate of drug-likeness (QED) is 0.914. The summed E-state index contributed by atoms with van der Waals surface area (Å²) in [4.78, 5) is 11.5. The molecule has 0 saturated carbocycles. The van der Waals surface area contributed by atoms with Crippen LogP contribution in [0.4, 0.5) is 5.82 Å². The summed E-state index contributed by atoms with van der Waals surface area (Å²) in [6.07, 6.45) is 2.04. The van der Waals surface area contributed by atoms with E-state index in [0.29, 0.717) is 6.01 Å². The normalized spacial score (nSPS) is 16.9. The Morgan fingerprint density at radius 3 is 2.86 bits per heavy atom. The van der Waals surface area contributed by atoms with E-state index in [1.54, 1.807) is 7.11 Å². The maximum absolute atomic E-state index is 5.30. The second-order valence-corrected chi connectivity index (χ2v) is 5.83. The van der Waals surface area contributed by atoms with Crippen molar-refractivity contribution in [1.82, 2.24) is 15.3 Å². The molecule has 0 spiro atoms. The fraction of sp³-hybridized carbons (Fsp3) is 0.412. The predicted octanol–water partition coefficient (Wildman–Crippen LogP) is 1.69. The number of nitrogens with zero attached hydrogens (tertiary/aromatic N) is 3. The van der Waals surface area contributed by atoms with Crippen molar-refractivity contribution >= 4 is 5.82 Å². The Bertz CT molecular complexity index is 701. The summed E-state index contributed by atoms with van der Waals surface area (Å²) in [7, 11) is 1.63. The molecule has 1 aromatic heterocycles. The number of anilines is 1. The van der Waals surface area contributed by atoms with Crippen molar-refractivity contribution in [1.29, 1.82) is 0 Å². The maximum Gasteiger partial charge on any atom is 0.318 e. The molecule has 0 amide bonds. The summed E-state index contributed by atoms with van der Waals surface area (Å²) in [6.45, 7) is 3.69. The molecule has 4 rings (SSSR count). The molecule has 3 heterocycles. The number of hydrogen-bond acceptors (Lipinski definition) is 5. The zero-order chi connectivity index (χ0) is 14.9. The minimum atomic E-state index is 0.469. The van der Waals surface area contributed by atoms with E-state index in [9.17, 15) is 0 Å². The first-order chi connectivity index (χ1) is 10.8. The Morgan fingerprint density at radius 1 is 1.14 bits per heavy atom. The number of rotatable bonds is 2. The molecular weight excluding hydrogens is 276 g/mol. The first-order valence-electron chi connectivity index (χ1n) is 7.81. The second kappa shape index (κ2) is 5.57. The van der Waals surface area contributed by atoms with E-state index in [4.69, 9.17) is 4.74 Å². The molecule has 0 aliphatic carbocycles. The Hall–Kier alpha value is -2.14. The molecule has 5 nitrogen and oxygen atoms in total. The average Bonchev–Trinajstić information content (AvgIpc) is 2.60. The Labute approximate surface area is 130 Å². The number of ether oxygens (including phenoxy) is 1. The van der Waals surface area contributed by atoms with E-state index in [2.05, 4.69) is 44.5 Å². The molecule has 2 aliphatic heterocycles. The first kappa shape index (κ1) is 13.5. The van der Waals surface area contributed by atoms with Crippen LogP contribution in [0.15, 0.2) is 24.3 Å². The molecule has 2 aliphatic rings. The average molecular weight is 296 g/mol. The van der Waals surface area contributed by atoms with Crippen molar-refractivity contribution in [3.63, 3.8) is 0 Å². The van der Waals surface area contributed by atoms with Gasteiger partial charge in [0.15, 0.2) is 0 Å². The number of hydrogen-bond donors (Lipinski definition) is 1. The Morgan fingerprint density at radius 2 is 2.00 bits per heavy atom. The molecule has 22 heavy (non-hydrogen) atoms. The van der Waals surface area contributed by atoms with Gasteiger partial charge in [-0.1, -0.05) is 24.3 Å². The van der Waals surface area contributed by atoms with E-state index < -0.39 is 0 Å². The van der Waals surface area contributed by atoms with Crippen LogP contribution in [0.1, 0.15) is 22.4 Å². The molecule has 0 unspecified atom stereocenters. The van der Waals surface area contributed by atoms with E-state index in [-0.39, 0.29) is 0 Å². The summed E-state index contributed by atoms with van der Waals surface area (Å²) in [5.74, 6) is 1.05. The summed E-state index contributed by atoms with van der Waals surface area (Å²) < 4.78 is 5.30. The van der Waals surface area contributed by atoms with Gasteiger partial charge in [-0.15, -0.1) is 0 Å². The maximum atomic E-state index is 5.30. The minimum absolute atomic E-state index is 0.469. The van der Waals surface area contributed by atoms with Crippen LogP contribution in [0.2, 0.25) is 0 Å². The molecule has 0 bridgehead atoms. The summed E-state index contributed by atoms with van der Waals surface area (Å²) in [5, 5.41) is 3.37. The first-order valence-corrected chi connectivity index (χ1v) is 7.81. The highest BCUT2D eigenvalue weighted by molar-refractivity contribution is 5.53. The highest BCUT2D eigenvalue weighted by Crippen LogP contribution is 2.30. The third-order valence-electron chi connectivity index (χ3n) is 4.51. The van der Waals surface area contributed by atoms with Crippen LogP contribution in [-0.2, 0) is 25.9 Å². The third-order valence-corrected chi connectivity index (χ3v) is 4.51. The largest absolute Gasteiger partial charge is 0.467 e. The van der Waals surface area contributed by atoms with Crippen LogP contribution < -0.4 is 15.0 Å². The van der Waals surface area contributed by atoms with Gasteiger partial charge in [0, 0.05) is 25.2 Å². The number of aromatic nitrogens is 2. The summed E-state index contributed by atoms with van der Waals surface area (Å²) in [6, 6.07) is 9.15. The van der Waals surface area contributed by atoms with Gasteiger partial charge < -0.3 is 15.0 Å². The lowest BCUT2D eigenvalue weighted by Crippen LogP contribution is -2.34. The highest BCUT2D eigenvalue weighted by Gasteiger charge is 2.24. The van der Waals surface area contributed by atoms with Crippen molar-refractivity contribution in [2.24, 2.45) is 0 Å². The van der Waals surface area contributed by atoms with Gasteiger partial charge in [0.2, 0.25) is 0 Å². The topological polar surface area (TPSA) is 50.3 Å². The lowest BCUT2D eigenvalue weighted by atomic mass is 9.98. The fourth-order valence-electron chi connectivity index (χ4n) is 3.35. The fourth-order valence-corrected chi connectivity index (χ4v) is 3.35. The molecule has 1 N–H and O–H groups in total. The third kappa shape index (κ3) is 2.31. The summed E-state index contributed by atoms with van der Waals surface area (Å²) in [5.41, 5.74) is 5.20. The number of benzene rings is 1. The van der Waals surface area contributed by atoms with Gasteiger partial charge in [0.25, 0.3) is 0 Å². The Kier molecular flexibility index (Phi) is 3.42. The molecular formula is C17H20N4O. The summed E-state index contributed by atoms with van der Waals surface area (Å²) >= 11 is 0. The van der Waals surface area contributed by atoms with Crippen LogP contribution in [0, 0.1) is 0 Å². The number of nitrogens with one attached hydrogen (secondary N) is 1. The van der Waals surface area contributed by atoms with Gasteiger partial charge in [0.1, 0.15) is 5.82 Å². The van der Waals surface area contributed by atoms with Crippen molar-refractivity contribution in [2.75, 3.05) is 25.1 Å². The van der Waals surface area contributed by atoms with Gasteiger partial charge in [-0.3, -0.25) is 0 Å². The predicted molar refractivity (Wildman–Crippen MR) is 85.2 cm³/mol. The molecule has 0 fully saturated rings. The SMILES string of the molecule is COc1nc2c(c(N3CCc4ccccc4C3)n1)CCNC2. The lowest BCUT2D eigenvalue weighted by Gasteiger charge is -2.32. The second-order valence-electron chi connectivity index (χ2n) is 5.83. The van der Waals surface area contributed by atoms with Crippen LogP contribution in [0.25, 0.3) is 0 Å². The van der Waals surface area contributed by atoms with Crippen LogP contribution >= 0.6 is 0 Å². The standard InChI is InChI=1S/C17H20N4O/c1-22-17-19-15-10-18-8-6-14(15)16(20-17)21-9-7-12-4-2-3-5-13(12)11-21/h2-5,18H,6-11H2,1H3. The van der Waals surface area contributed by atoms with Crippen LogP contribution in [0.3, 0.4) is 0 Å². The smallest absolute Gasteiger partial charge is 0.318 e. The van der Waals surface area contributed by atoms with E-state index in [1.165, 1.54) is 16.7 Å². The molecule has 1 aromatic carbocycles. The van der Waals surface area contributed by atoms with Crippen molar-refractivity contribution in [2.45, 2.75) is 25.9 Å². The van der Waals surface area contributed by atoms with Crippen molar-refractivity contribution in [3.05, 3.63) is 46.6 Å². The van der Waals surface area contributed by atoms with Crippen LogP contribution in [0.5, 0.6) is 6.01 Å². The van der Waals surface area contributed by atoms with Gasteiger partial charge in [-0.25, -0.2) is 0 Å². The van der Waals surface area contributed by atoms with Gasteiger partial charge >= 0.3 is 6.01 Å². The monoisotopic (exact) mass is 296 g/mol. The van der Waals surface area contributed by atoms with Gasteiger partial charge in [-0.2, -0.15) is 9.97 Å². The highest BCUT2D eigenvalue weighted by atomic mass is 16.5. The van der Waals surface area contributed by atoms with Crippen LogP contribution in [-0.4, -0.2) is 30.2 Å². The van der Waals surface area contributed by atoms with Crippen molar-refractivity contribution in [3.8, 4) is 6.01 Å². The molecule has 0 atom stereocenters. The Balaban J connectivity index is 1.73. The number of methoxy groups -OCH3 is 1. The number of fused-ring (bicyclic) bond motifs is 2. The molecule has 5 heteroatoms. The van der Waals surface area contributed by atoms with E-state index in [0.717, 1.165) is 50.5 Å². The lowest BCUT2D eigenvalue weighted by molar-refractivity contribution is 0.375. The van der Waals surface area contributed by atoms with Gasteiger partial charge in [0.05, 0.1) is 12.8 Å². The van der Waals surface area contributed by atoms with Gasteiger partial charge in [-0.05, 0) is 30.5 Å². The molecule has 0 radical (unpaired) electrons. The minimum Gasteiger partial charge on any atom is -0.467 e. The molecule has 0 saturated heterocycles. The zero-order valence-corrected chi connectivity index (χ0v) is 12.8. The molecule has 2 aromatic rings. The van der Waals surface area contributed by atoms with E-state index >= 15 is 0 Å². The zero-order valence-electron chi connectivity index (χ0n) is 12.8. The molecule has 114 valence electrons. The van der Waals surface area contributed by atoms with E-state index in [1.807, 2.05) is 0 Å².